The van der Waals surface area contributed by atoms with Crippen LogP contribution in [0.15, 0.2) is 10.7 Å². The Bertz CT molecular complexity index is 709. The first-order valence-electron chi connectivity index (χ1n) is 10.0. The summed E-state index contributed by atoms with van der Waals surface area (Å²) in [4.78, 5) is 9.39. The van der Waals surface area contributed by atoms with E-state index in [4.69, 9.17) is 4.42 Å². The summed E-state index contributed by atoms with van der Waals surface area (Å²) in [5, 5.41) is 9.16. The smallest absolute Gasteiger partial charge is 0.191 e. The molecular formula is C19H30N6O. The van der Waals surface area contributed by atoms with Gasteiger partial charge >= 0.3 is 0 Å². The van der Waals surface area contributed by atoms with Gasteiger partial charge in [0, 0.05) is 25.9 Å². The third-order valence-corrected chi connectivity index (χ3v) is 5.74. The molecule has 2 aromatic rings. The standard InChI is InChI=1S/C19H30N6O/c1-3-25-18(13-23-8-4-5-9-23)21-22-19(25)16-6-10-24(11-7-16)12-17-14-26-15(2)20-17/h14,16H,3-13H2,1-2H3. The molecule has 0 saturated carbocycles. The van der Waals surface area contributed by atoms with E-state index >= 15 is 0 Å². The zero-order valence-corrected chi connectivity index (χ0v) is 16.0. The highest BCUT2D eigenvalue weighted by Crippen LogP contribution is 2.28. The molecule has 0 atom stereocenters. The van der Waals surface area contributed by atoms with E-state index in [1.54, 1.807) is 6.26 Å². The SMILES string of the molecule is CCn1c(CN2CCCC2)nnc1C1CCN(Cc2coc(C)n2)CC1. The van der Waals surface area contributed by atoms with Crippen LogP contribution in [0.25, 0.3) is 0 Å². The molecule has 0 amide bonds. The zero-order valence-electron chi connectivity index (χ0n) is 16.0. The quantitative estimate of drug-likeness (QED) is 0.791. The Morgan fingerprint density at radius 3 is 2.42 bits per heavy atom. The van der Waals surface area contributed by atoms with Gasteiger partial charge in [0.05, 0.1) is 12.2 Å². The fourth-order valence-electron chi connectivity index (χ4n) is 4.31. The Labute approximate surface area is 155 Å². The second-order valence-electron chi connectivity index (χ2n) is 7.61. The second-order valence-corrected chi connectivity index (χ2v) is 7.61. The van der Waals surface area contributed by atoms with Gasteiger partial charge < -0.3 is 8.98 Å². The van der Waals surface area contributed by atoms with Crippen molar-refractivity contribution in [2.75, 3.05) is 26.2 Å². The molecule has 2 saturated heterocycles. The van der Waals surface area contributed by atoms with Crippen LogP contribution in [0.3, 0.4) is 0 Å². The molecule has 2 aliphatic heterocycles. The molecule has 0 aromatic carbocycles. The van der Waals surface area contributed by atoms with Gasteiger partial charge in [0.25, 0.3) is 0 Å². The second kappa shape index (κ2) is 7.88. The maximum atomic E-state index is 5.32. The van der Waals surface area contributed by atoms with Gasteiger partial charge in [-0.2, -0.15) is 0 Å². The van der Waals surface area contributed by atoms with Crippen LogP contribution < -0.4 is 0 Å². The third-order valence-electron chi connectivity index (χ3n) is 5.74. The van der Waals surface area contributed by atoms with E-state index in [0.29, 0.717) is 5.92 Å². The Kier molecular flexibility index (Phi) is 5.36. The minimum absolute atomic E-state index is 0.519. The molecule has 0 unspecified atom stereocenters. The average molecular weight is 358 g/mol. The van der Waals surface area contributed by atoms with E-state index < -0.39 is 0 Å². The van der Waals surface area contributed by atoms with Crippen molar-refractivity contribution in [1.82, 2.24) is 29.5 Å². The molecule has 2 aliphatic rings. The topological polar surface area (TPSA) is 63.2 Å². The Hall–Kier alpha value is -1.73. The van der Waals surface area contributed by atoms with E-state index in [1.807, 2.05) is 6.92 Å². The first-order chi connectivity index (χ1) is 12.7. The molecule has 2 fully saturated rings. The molecule has 142 valence electrons. The van der Waals surface area contributed by atoms with Crippen molar-refractivity contribution in [3.05, 3.63) is 29.5 Å². The van der Waals surface area contributed by atoms with Crippen molar-refractivity contribution >= 4 is 0 Å². The van der Waals surface area contributed by atoms with Gasteiger partial charge in [-0.15, -0.1) is 10.2 Å². The van der Waals surface area contributed by atoms with Crippen LogP contribution in [0.2, 0.25) is 0 Å². The number of aryl methyl sites for hydroxylation is 1. The molecule has 0 spiro atoms. The van der Waals surface area contributed by atoms with Crippen LogP contribution >= 0.6 is 0 Å². The van der Waals surface area contributed by atoms with Crippen molar-refractivity contribution in [3.8, 4) is 0 Å². The van der Waals surface area contributed by atoms with Crippen LogP contribution in [0.5, 0.6) is 0 Å². The van der Waals surface area contributed by atoms with Gasteiger partial charge in [0.1, 0.15) is 17.9 Å². The summed E-state index contributed by atoms with van der Waals surface area (Å²) in [6.45, 7) is 11.5. The van der Waals surface area contributed by atoms with E-state index in [0.717, 1.165) is 63.0 Å². The van der Waals surface area contributed by atoms with Gasteiger partial charge in [-0.25, -0.2) is 4.98 Å². The monoisotopic (exact) mass is 358 g/mol. The lowest BCUT2D eigenvalue weighted by atomic mass is 9.95. The molecule has 0 N–H and O–H groups in total. The van der Waals surface area contributed by atoms with Crippen molar-refractivity contribution in [2.45, 2.75) is 65.1 Å². The van der Waals surface area contributed by atoms with E-state index in [2.05, 4.69) is 36.5 Å². The summed E-state index contributed by atoms with van der Waals surface area (Å²) in [5.74, 6) is 3.60. The van der Waals surface area contributed by atoms with Gasteiger partial charge in [0.2, 0.25) is 0 Å². The summed E-state index contributed by atoms with van der Waals surface area (Å²) in [7, 11) is 0. The number of nitrogens with zero attached hydrogens (tertiary/aromatic N) is 6. The normalized spacial score (nSPS) is 20.2. The van der Waals surface area contributed by atoms with Crippen LogP contribution in [0, 0.1) is 6.92 Å². The van der Waals surface area contributed by atoms with Gasteiger partial charge in [-0.05, 0) is 58.8 Å². The van der Waals surface area contributed by atoms with Crippen LogP contribution in [-0.2, 0) is 19.6 Å². The number of likely N-dealkylation sites (tertiary alicyclic amines) is 2. The molecular weight excluding hydrogens is 328 g/mol. The number of hydrogen-bond donors (Lipinski definition) is 0. The minimum atomic E-state index is 0.519. The first kappa shape index (κ1) is 17.7. The van der Waals surface area contributed by atoms with Crippen molar-refractivity contribution in [2.24, 2.45) is 0 Å². The highest BCUT2D eigenvalue weighted by molar-refractivity contribution is 5.05. The summed E-state index contributed by atoms with van der Waals surface area (Å²) in [6, 6.07) is 0. The Morgan fingerprint density at radius 2 is 1.77 bits per heavy atom. The zero-order chi connectivity index (χ0) is 17.9. The fraction of sp³-hybridized carbons (Fsp3) is 0.737. The number of piperidine rings is 1. The molecule has 0 aliphatic carbocycles. The fourth-order valence-corrected chi connectivity index (χ4v) is 4.31. The highest BCUT2D eigenvalue weighted by atomic mass is 16.3. The number of rotatable bonds is 6. The average Bonchev–Trinajstić information content (AvgIpc) is 3.38. The maximum absolute atomic E-state index is 5.32. The van der Waals surface area contributed by atoms with Crippen LogP contribution in [0.1, 0.15) is 61.8 Å². The van der Waals surface area contributed by atoms with Gasteiger partial charge in [0.15, 0.2) is 5.89 Å². The lowest BCUT2D eigenvalue weighted by Crippen LogP contribution is -2.33. The summed E-state index contributed by atoms with van der Waals surface area (Å²) < 4.78 is 7.68. The number of aromatic nitrogens is 4. The van der Waals surface area contributed by atoms with Gasteiger partial charge in [-0.3, -0.25) is 9.80 Å². The highest BCUT2D eigenvalue weighted by Gasteiger charge is 2.27. The number of hydrogen-bond acceptors (Lipinski definition) is 6. The number of oxazole rings is 1. The largest absolute Gasteiger partial charge is 0.449 e. The molecule has 7 nitrogen and oxygen atoms in total. The van der Waals surface area contributed by atoms with E-state index in [1.165, 1.54) is 31.8 Å². The predicted octanol–water partition coefficient (Wildman–Crippen LogP) is 2.57. The summed E-state index contributed by atoms with van der Waals surface area (Å²) >= 11 is 0. The van der Waals surface area contributed by atoms with Crippen molar-refractivity contribution in [3.63, 3.8) is 0 Å². The summed E-state index contributed by atoms with van der Waals surface area (Å²) in [6.07, 6.45) is 6.68. The molecule has 4 rings (SSSR count). The molecule has 7 heteroatoms. The van der Waals surface area contributed by atoms with E-state index in [9.17, 15) is 0 Å². The molecule has 0 bridgehead atoms. The lowest BCUT2D eigenvalue weighted by Gasteiger charge is -2.31. The predicted molar refractivity (Wildman–Crippen MR) is 98.7 cm³/mol. The first-order valence-corrected chi connectivity index (χ1v) is 10.0. The molecule has 4 heterocycles. The molecule has 26 heavy (non-hydrogen) atoms. The van der Waals surface area contributed by atoms with Crippen molar-refractivity contribution < 1.29 is 4.42 Å². The van der Waals surface area contributed by atoms with Crippen LogP contribution in [0.4, 0.5) is 0 Å². The maximum Gasteiger partial charge on any atom is 0.191 e. The lowest BCUT2D eigenvalue weighted by molar-refractivity contribution is 0.197. The summed E-state index contributed by atoms with van der Waals surface area (Å²) in [5.41, 5.74) is 1.03. The van der Waals surface area contributed by atoms with Crippen LogP contribution in [-0.4, -0.2) is 55.7 Å². The Balaban J connectivity index is 1.37. The van der Waals surface area contributed by atoms with Gasteiger partial charge in [-0.1, -0.05) is 0 Å². The van der Waals surface area contributed by atoms with Crippen molar-refractivity contribution in [1.29, 1.82) is 0 Å². The van der Waals surface area contributed by atoms with E-state index in [-0.39, 0.29) is 0 Å². The minimum Gasteiger partial charge on any atom is -0.449 e. The molecule has 0 radical (unpaired) electrons. The molecule has 2 aromatic heterocycles. The Morgan fingerprint density at radius 1 is 1.04 bits per heavy atom. The third kappa shape index (κ3) is 3.83.